The molecule has 2 aromatic rings. The Labute approximate surface area is 141 Å². The van der Waals surface area contributed by atoms with Crippen molar-refractivity contribution in [2.75, 3.05) is 6.54 Å². The van der Waals surface area contributed by atoms with Crippen LogP contribution in [0.4, 0.5) is 0 Å². The molecular weight excluding hydrogens is 398 g/mol. The predicted octanol–water partition coefficient (Wildman–Crippen LogP) is 3.82. The van der Waals surface area contributed by atoms with Gasteiger partial charge in [0, 0.05) is 6.54 Å². The third-order valence-electron chi connectivity index (χ3n) is 3.27. The van der Waals surface area contributed by atoms with Crippen LogP contribution in [0.25, 0.3) is 0 Å². The fraction of sp³-hybridized carbons (Fsp3) is 0.400. The summed E-state index contributed by atoms with van der Waals surface area (Å²) in [5.41, 5.74) is 8.80. The van der Waals surface area contributed by atoms with Gasteiger partial charge < -0.3 is 10.5 Å². The zero-order valence-electron chi connectivity index (χ0n) is 12.2. The molecule has 1 aromatic carbocycles. The number of benzene rings is 1. The van der Waals surface area contributed by atoms with Gasteiger partial charge in [-0.05, 0) is 70.3 Å². The van der Waals surface area contributed by atoms with E-state index >= 15 is 0 Å². The first-order chi connectivity index (χ1) is 10.1. The Morgan fingerprint density at radius 1 is 1.33 bits per heavy atom. The van der Waals surface area contributed by atoms with Gasteiger partial charge in [-0.3, -0.25) is 4.68 Å². The van der Waals surface area contributed by atoms with Crippen LogP contribution in [-0.4, -0.2) is 16.3 Å². The van der Waals surface area contributed by atoms with Crippen LogP contribution in [0.1, 0.15) is 23.9 Å². The lowest BCUT2D eigenvalue weighted by Crippen LogP contribution is -2.09. The topological polar surface area (TPSA) is 53.1 Å². The van der Waals surface area contributed by atoms with Crippen LogP contribution in [-0.2, 0) is 19.6 Å². The van der Waals surface area contributed by atoms with Crippen molar-refractivity contribution >= 4 is 31.9 Å². The number of halogens is 2. The molecular formula is C15H19Br2N3O. The van der Waals surface area contributed by atoms with Crippen molar-refractivity contribution in [3.63, 3.8) is 0 Å². The zero-order chi connectivity index (χ0) is 15.4. The van der Waals surface area contributed by atoms with E-state index in [-0.39, 0.29) is 0 Å². The molecule has 0 bridgehead atoms. The first-order valence-corrected chi connectivity index (χ1v) is 8.49. The van der Waals surface area contributed by atoms with Crippen molar-refractivity contribution in [3.05, 3.63) is 44.1 Å². The summed E-state index contributed by atoms with van der Waals surface area (Å²) in [5, 5.41) is 4.48. The predicted molar refractivity (Wildman–Crippen MR) is 91.6 cm³/mol. The molecule has 0 aliphatic carbocycles. The summed E-state index contributed by atoms with van der Waals surface area (Å²) in [4.78, 5) is 0. The molecule has 2 rings (SSSR count). The van der Waals surface area contributed by atoms with Gasteiger partial charge in [0.1, 0.15) is 12.4 Å². The lowest BCUT2D eigenvalue weighted by Gasteiger charge is -2.14. The maximum absolute atomic E-state index is 6.05. The Bertz CT molecular complexity index is 626. The Hall–Kier alpha value is -0.850. The SMILES string of the molecule is CCn1nc(C)c(Br)c1COc1c(Br)cccc1CCN. The molecule has 0 atom stereocenters. The third kappa shape index (κ3) is 3.67. The van der Waals surface area contributed by atoms with E-state index in [0.29, 0.717) is 13.2 Å². The lowest BCUT2D eigenvalue weighted by atomic mass is 10.1. The first-order valence-electron chi connectivity index (χ1n) is 6.90. The average Bonchev–Trinajstić information content (AvgIpc) is 2.74. The van der Waals surface area contributed by atoms with Gasteiger partial charge in [-0.15, -0.1) is 0 Å². The Morgan fingerprint density at radius 3 is 2.76 bits per heavy atom. The zero-order valence-corrected chi connectivity index (χ0v) is 15.4. The van der Waals surface area contributed by atoms with Gasteiger partial charge in [0.25, 0.3) is 0 Å². The van der Waals surface area contributed by atoms with E-state index in [1.807, 2.05) is 29.8 Å². The summed E-state index contributed by atoms with van der Waals surface area (Å²) < 4.78 is 9.97. The van der Waals surface area contributed by atoms with E-state index in [9.17, 15) is 0 Å². The second-order valence-corrected chi connectivity index (χ2v) is 6.36. The van der Waals surface area contributed by atoms with Gasteiger partial charge in [0.15, 0.2) is 0 Å². The second kappa shape index (κ2) is 7.42. The third-order valence-corrected chi connectivity index (χ3v) is 4.92. The van der Waals surface area contributed by atoms with Crippen molar-refractivity contribution in [3.8, 4) is 5.75 Å². The summed E-state index contributed by atoms with van der Waals surface area (Å²) in [7, 11) is 0. The number of para-hydroxylation sites is 1. The molecule has 0 aliphatic rings. The van der Waals surface area contributed by atoms with Crippen LogP contribution in [0.15, 0.2) is 27.1 Å². The lowest BCUT2D eigenvalue weighted by molar-refractivity contribution is 0.287. The summed E-state index contributed by atoms with van der Waals surface area (Å²) >= 11 is 7.14. The fourth-order valence-electron chi connectivity index (χ4n) is 2.21. The van der Waals surface area contributed by atoms with Crippen LogP contribution in [0.3, 0.4) is 0 Å². The van der Waals surface area contributed by atoms with Crippen molar-refractivity contribution in [1.82, 2.24) is 9.78 Å². The first kappa shape index (κ1) is 16.5. The van der Waals surface area contributed by atoms with Crippen molar-refractivity contribution < 1.29 is 4.74 Å². The molecule has 4 nitrogen and oxygen atoms in total. The van der Waals surface area contributed by atoms with Crippen molar-refractivity contribution in [2.24, 2.45) is 5.73 Å². The summed E-state index contributed by atoms with van der Waals surface area (Å²) in [6.07, 6.45) is 0.794. The average molecular weight is 417 g/mol. The molecule has 0 radical (unpaired) electrons. The van der Waals surface area contributed by atoms with E-state index in [2.05, 4.69) is 43.9 Å². The minimum absolute atomic E-state index is 0.468. The molecule has 0 fully saturated rings. The Balaban J connectivity index is 2.24. The molecule has 1 aromatic heterocycles. The van der Waals surface area contributed by atoms with E-state index < -0.39 is 0 Å². The van der Waals surface area contributed by atoms with Gasteiger partial charge in [-0.1, -0.05) is 12.1 Å². The maximum atomic E-state index is 6.05. The fourth-order valence-corrected chi connectivity index (χ4v) is 3.14. The quantitative estimate of drug-likeness (QED) is 0.778. The van der Waals surface area contributed by atoms with Crippen LogP contribution in [0.5, 0.6) is 5.75 Å². The van der Waals surface area contributed by atoms with Crippen LogP contribution in [0, 0.1) is 6.92 Å². The monoisotopic (exact) mass is 415 g/mol. The molecule has 6 heteroatoms. The van der Waals surface area contributed by atoms with Gasteiger partial charge in [0.05, 0.1) is 20.3 Å². The molecule has 0 saturated carbocycles. The Kier molecular flexibility index (Phi) is 5.84. The summed E-state index contributed by atoms with van der Waals surface area (Å²) in [6, 6.07) is 6.02. The molecule has 21 heavy (non-hydrogen) atoms. The number of ether oxygens (including phenoxy) is 1. The highest BCUT2D eigenvalue weighted by atomic mass is 79.9. The van der Waals surface area contributed by atoms with Crippen LogP contribution < -0.4 is 10.5 Å². The van der Waals surface area contributed by atoms with Gasteiger partial charge in [0.2, 0.25) is 0 Å². The number of hydrogen-bond acceptors (Lipinski definition) is 3. The molecule has 114 valence electrons. The number of hydrogen-bond donors (Lipinski definition) is 1. The molecule has 0 aliphatic heterocycles. The van der Waals surface area contributed by atoms with Crippen molar-refractivity contribution in [2.45, 2.75) is 33.4 Å². The largest absolute Gasteiger partial charge is 0.486 e. The standard InChI is InChI=1S/C15H19Br2N3O/c1-3-20-13(14(17)10(2)19-20)9-21-15-11(7-8-18)5-4-6-12(15)16/h4-6H,3,7-9,18H2,1-2H3. The van der Waals surface area contributed by atoms with E-state index in [1.165, 1.54) is 0 Å². The number of nitrogens with two attached hydrogens (primary N) is 1. The number of rotatable bonds is 6. The number of aryl methyl sites for hydroxylation is 2. The smallest absolute Gasteiger partial charge is 0.137 e. The minimum Gasteiger partial charge on any atom is -0.486 e. The van der Waals surface area contributed by atoms with E-state index in [1.54, 1.807) is 0 Å². The second-order valence-electron chi connectivity index (χ2n) is 4.72. The number of nitrogens with zero attached hydrogens (tertiary/aromatic N) is 2. The Morgan fingerprint density at radius 2 is 2.10 bits per heavy atom. The molecule has 2 N–H and O–H groups in total. The maximum Gasteiger partial charge on any atom is 0.137 e. The molecule has 0 spiro atoms. The van der Waals surface area contributed by atoms with E-state index in [4.69, 9.17) is 10.5 Å². The number of aromatic nitrogens is 2. The molecule has 1 heterocycles. The highest BCUT2D eigenvalue weighted by molar-refractivity contribution is 9.10. The van der Waals surface area contributed by atoms with Gasteiger partial charge in [-0.25, -0.2) is 0 Å². The van der Waals surface area contributed by atoms with Crippen LogP contribution in [0.2, 0.25) is 0 Å². The highest BCUT2D eigenvalue weighted by Crippen LogP contribution is 2.31. The van der Waals surface area contributed by atoms with Crippen molar-refractivity contribution in [1.29, 1.82) is 0 Å². The normalized spacial score (nSPS) is 10.9. The van der Waals surface area contributed by atoms with Gasteiger partial charge in [-0.2, -0.15) is 5.10 Å². The van der Waals surface area contributed by atoms with E-state index in [0.717, 1.165) is 44.6 Å². The summed E-state index contributed by atoms with van der Waals surface area (Å²) in [6.45, 7) is 5.94. The molecule has 0 saturated heterocycles. The molecule has 0 unspecified atom stereocenters. The molecule has 0 amide bonds. The van der Waals surface area contributed by atoms with Crippen LogP contribution >= 0.6 is 31.9 Å². The van der Waals surface area contributed by atoms with Gasteiger partial charge >= 0.3 is 0 Å². The highest BCUT2D eigenvalue weighted by Gasteiger charge is 2.14. The summed E-state index contributed by atoms with van der Waals surface area (Å²) in [5.74, 6) is 0.858. The minimum atomic E-state index is 0.468.